The minimum atomic E-state index is -0.163. The van der Waals surface area contributed by atoms with Crippen molar-refractivity contribution in [1.29, 1.82) is 5.41 Å². The van der Waals surface area contributed by atoms with E-state index in [0.717, 1.165) is 5.78 Å². The smallest absolute Gasteiger partial charge is 0.301 e. The average molecular weight is 164 g/mol. The molecule has 0 aliphatic heterocycles. The molecule has 0 aromatic heterocycles. The summed E-state index contributed by atoms with van der Waals surface area (Å²) in [6, 6.07) is 0. The first kappa shape index (κ1) is 8.91. The number of carbonyl (C=O) groups excluding carboxylic acids is 1. The molecule has 0 saturated carbocycles. The summed E-state index contributed by atoms with van der Waals surface area (Å²) in [6.45, 7) is 6.00. The summed E-state index contributed by atoms with van der Waals surface area (Å²) in [5.74, 6) is 0.818. The lowest BCUT2D eigenvalue weighted by Gasteiger charge is -2.00. The Morgan fingerprint density at radius 3 is 2.00 bits per heavy atom. The van der Waals surface area contributed by atoms with E-state index in [4.69, 9.17) is 9.83 Å². The maximum Gasteiger partial charge on any atom is 0.344 e. The van der Waals surface area contributed by atoms with Crippen LogP contribution in [0.4, 0.5) is 0 Å². The molecule has 12 heavy (non-hydrogen) atoms. The third-order valence-corrected chi connectivity index (χ3v) is 1.28. The van der Waals surface area contributed by atoms with Crippen LogP contribution in [0.15, 0.2) is 24.3 Å². The fourth-order valence-corrected chi connectivity index (χ4v) is 0.877. The molecule has 0 radical (unpaired) electrons. The minimum absolute atomic E-state index is 0.163. The van der Waals surface area contributed by atoms with Gasteiger partial charge in [0.25, 0.3) is 5.60 Å². The highest BCUT2D eigenvalue weighted by molar-refractivity contribution is 6.15. The molecular weight excluding hydrogens is 150 g/mol. The SMILES string of the molecule is CC(C)(C)[O+]=C1C=CC(=N)C=C1. The van der Waals surface area contributed by atoms with E-state index < -0.39 is 0 Å². The molecule has 2 nitrogen and oxygen atoms in total. The molecular formula is C10H14NO+. The van der Waals surface area contributed by atoms with Gasteiger partial charge >= 0.3 is 5.78 Å². The molecule has 0 heterocycles. The van der Waals surface area contributed by atoms with Gasteiger partial charge in [-0.3, -0.25) is 0 Å². The van der Waals surface area contributed by atoms with E-state index >= 15 is 0 Å². The third-order valence-electron chi connectivity index (χ3n) is 1.28. The summed E-state index contributed by atoms with van der Waals surface area (Å²) in [7, 11) is 0. The van der Waals surface area contributed by atoms with Crippen molar-refractivity contribution in [3.8, 4) is 0 Å². The molecule has 0 spiro atoms. The number of hydrogen-bond donors (Lipinski definition) is 1. The predicted octanol–water partition coefficient (Wildman–Crippen LogP) is 2.04. The van der Waals surface area contributed by atoms with E-state index in [1.807, 2.05) is 32.9 Å². The standard InChI is InChI=1S/C10H14NO/c1-10(2,3)12-9-6-4-8(11)5-7-9/h4-7,11H,1-3H3/q+1. The van der Waals surface area contributed by atoms with Gasteiger partial charge in [-0.05, 0) is 12.2 Å². The summed E-state index contributed by atoms with van der Waals surface area (Å²) in [5.41, 5.74) is 0.347. The predicted molar refractivity (Wildman–Crippen MR) is 50.8 cm³/mol. The van der Waals surface area contributed by atoms with Gasteiger partial charge in [0, 0.05) is 32.9 Å². The lowest BCUT2D eigenvalue weighted by molar-refractivity contribution is -0.537. The van der Waals surface area contributed by atoms with Crippen molar-refractivity contribution in [3.05, 3.63) is 24.3 Å². The molecule has 0 saturated heterocycles. The van der Waals surface area contributed by atoms with E-state index in [1.165, 1.54) is 0 Å². The topological polar surface area (TPSA) is 35.2 Å². The Hall–Kier alpha value is -1.18. The van der Waals surface area contributed by atoms with Crippen molar-refractivity contribution >= 4 is 11.5 Å². The fraction of sp³-hybridized carbons (Fsp3) is 0.400. The first-order valence-corrected chi connectivity index (χ1v) is 3.98. The van der Waals surface area contributed by atoms with Crippen LogP contribution in [0.25, 0.3) is 0 Å². The molecule has 1 aliphatic rings. The van der Waals surface area contributed by atoms with Gasteiger partial charge in [-0.1, -0.05) is 0 Å². The Morgan fingerprint density at radius 1 is 1.08 bits per heavy atom. The van der Waals surface area contributed by atoms with E-state index in [9.17, 15) is 0 Å². The molecule has 1 N–H and O–H groups in total. The van der Waals surface area contributed by atoms with Crippen molar-refractivity contribution < 1.29 is 4.42 Å². The first-order chi connectivity index (χ1) is 5.47. The third kappa shape index (κ3) is 2.82. The number of allylic oxidation sites excluding steroid dienone is 4. The maximum absolute atomic E-state index is 7.27. The van der Waals surface area contributed by atoms with Gasteiger partial charge in [-0.15, -0.1) is 0 Å². The van der Waals surface area contributed by atoms with Gasteiger partial charge in [-0.2, -0.15) is 0 Å². The van der Waals surface area contributed by atoms with E-state index in [1.54, 1.807) is 12.2 Å². The quantitative estimate of drug-likeness (QED) is 0.420. The van der Waals surface area contributed by atoms with Gasteiger partial charge in [0.15, 0.2) is 0 Å². The molecule has 0 aromatic rings. The Kier molecular flexibility index (Phi) is 2.27. The number of ketones is 1. The molecule has 0 atom stereocenters. The number of rotatable bonds is 0. The van der Waals surface area contributed by atoms with Crippen molar-refractivity contribution in [2.75, 3.05) is 0 Å². The number of hydrogen-bond acceptors (Lipinski definition) is 1. The zero-order valence-corrected chi connectivity index (χ0v) is 7.72. The van der Waals surface area contributed by atoms with Gasteiger partial charge in [0.2, 0.25) is 0 Å². The van der Waals surface area contributed by atoms with Crippen LogP contribution in [0.2, 0.25) is 0 Å². The fourth-order valence-electron chi connectivity index (χ4n) is 0.877. The van der Waals surface area contributed by atoms with E-state index in [2.05, 4.69) is 0 Å². The Labute approximate surface area is 72.8 Å². The van der Waals surface area contributed by atoms with Crippen LogP contribution in [-0.4, -0.2) is 17.1 Å². The normalized spacial score (nSPS) is 16.9. The summed E-state index contributed by atoms with van der Waals surface area (Å²) in [5, 5.41) is 7.27. The van der Waals surface area contributed by atoms with E-state index in [-0.39, 0.29) is 5.60 Å². The second-order valence-corrected chi connectivity index (χ2v) is 3.74. The van der Waals surface area contributed by atoms with Crippen molar-refractivity contribution in [1.82, 2.24) is 0 Å². The molecule has 0 unspecified atom stereocenters. The monoisotopic (exact) mass is 164 g/mol. The molecule has 0 amide bonds. The zero-order chi connectivity index (χ0) is 9.19. The highest BCUT2D eigenvalue weighted by Gasteiger charge is 2.22. The largest absolute Gasteiger partial charge is 0.344 e. The van der Waals surface area contributed by atoms with Gasteiger partial charge in [0.1, 0.15) is 0 Å². The zero-order valence-electron chi connectivity index (χ0n) is 7.72. The second-order valence-electron chi connectivity index (χ2n) is 3.74. The Balaban J connectivity index is 2.81. The van der Waals surface area contributed by atoms with E-state index in [0.29, 0.717) is 5.71 Å². The van der Waals surface area contributed by atoms with Crippen LogP contribution < -0.4 is 0 Å². The maximum atomic E-state index is 7.27. The van der Waals surface area contributed by atoms with Gasteiger partial charge in [0.05, 0.1) is 5.71 Å². The lowest BCUT2D eigenvalue weighted by Crippen LogP contribution is -2.18. The highest BCUT2D eigenvalue weighted by Crippen LogP contribution is 2.04. The van der Waals surface area contributed by atoms with Crippen molar-refractivity contribution in [2.24, 2.45) is 0 Å². The van der Waals surface area contributed by atoms with Crippen molar-refractivity contribution in [2.45, 2.75) is 26.4 Å². The molecule has 64 valence electrons. The van der Waals surface area contributed by atoms with Crippen LogP contribution in [0.3, 0.4) is 0 Å². The summed E-state index contributed by atoms with van der Waals surface area (Å²) >= 11 is 0. The Bertz CT molecular complexity index is 259. The average Bonchev–Trinajstić information content (AvgIpc) is 1.91. The Morgan fingerprint density at radius 2 is 1.58 bits per heavy atom. The highest BCUT2D eigenvalue weighted by atomic mass is 16.4. The lowest BCUT2D eigenvalue weighted by atomic mass is 10.1. The molecule has 0 fully saturated rings. The minimum Gasteiger partial charge on any atom is -0.301 e. The van der Waals surface area contributed by atoms with Gasteiger partial charge < -0.3 is 5.41 Å². The van der Waals surface area contributed by atoms with Crippen molar-refractivity contribution in [3.63, 3.8) is 0 Å². The van der Waals surface area contributed by atoms with Crippen LogP contribution >= 0.6 is 0 Å². The van der Waals surface area contributed by atoms with Crippen LogP contribution in [-0.2, 0) is 4.42 Å². The summed E-state index contributed by atoms with van der Waals surface area (Å²) < 4.78 is 5.57. The summed E-state index contributed by atoms with van der Waals surface area (Å²) in [6.07, 6.45) is 7.07. The summed E-state index contributed by atoms with van der Waals surface area (Å²) in [4.78, 5) is 0. The molecule has 1 rings (SSSR count). The number of nitrogens with one attached hydrogen (secondary N) is 1. The molecule has 2 heteroatoms. The molecule has 0 aromatic carbocycles. The van der Waals surface area contributed by atoms with Gasteiger partial charge in [-0.25, -0.2) is 4.42 Å². The van der Waals surface area contributed by atoms with Crippen LogP contribution in [0, 0.1) is 5.41 Å². The molecule has 0 bridgehead atoms. The second kappa shape index (κ2) is 3.05. The first-order valence-electron chi connectivity index (χ1n) is 3.98. The van der Waals surface area contributed by atoms with Crippen LogP contribution in [0.1, 0.15) is 20.8 Å². The molecule has 1 aliphatic carbocycles. The van der Waals surface area contributed by atoms with Crippen LogP contribution in [0.5, 0.6) is 0 Å².